The van der Waals surface area contributed by atoms with E-state index in [2.05, 4.69) is 31.9 Å². The predicted molar refractivity (Wildman–Crippen MR) is 97.8 cm³/mol. The molecule has 2 saturated heterocycles. The second-order valence-corrected chi connectivity index (χ2v) is 8.28. The molecule has 1 saturated carbocycles. The van der Waals surface area contributed by atoms with Crippen LogP contribution in [0.25, 0.3) is 0 Å². The molecule has 0 atom stereocenters. The summed E-state index contributed by atoms with van der Waals surface area (Å²) in [7, 11) is 2.16. The highest BCUT2D eigenvalue weighted by Gasteiger charge is 2.30. The van der Waals surface area contributed by atoms with Gasteiger partial charge in [0.15, 0.2) is 5.82 Å². The van der Waals surface area contributed by atoms with Gasteiger partial charge in [0.05, 0.1) is 6.54 Å². The Kier molecular flexibility index (Phi) is 5.55. The summed E-state index contributed by atoms with van der Waals surface area (Å²) < 4.78 is 5.36. The lowest BCUT2D eigenvalue weighted by molar-refractivity contribution is -0.133. The van der Waals surface area contributed by atoms with Crippen molar-refractivity contribution in [2.24, 2.45) is 5.92 Å². The summed E-state index contributed by atoms with van der Waals surface area (Å²) in [5, 5.41) is 4.14. The van der Waals surface area contributed by atoms with E-state index in [1.807, 2.05) is 0 Å². The zero-order chi connectivity index (χ0) is 17.9. The molecule has 3 heterocycles. The van der Waals surface area contributed by atoms with Crippen LogP contribution in [0.5, 0.6) is 0 Å². The molecule has 144 valence electrons. The Balaban J connectivity index is 1.20. The maximum Gasteiger partial charge on any atom is 0.236 e. The number of aromatic nitrogens is 2. The molecule has 0 N–H and O–H groups in total. The van der Waals surface area contributed by atoms with Gasteiger partial charge in [-0.3, -0.25) is 9.69 Å². The van der Waals surface area contributed by atoms with Crippen molar-refractivity contribution < 1.29 is 9.32 Å². The minimum absolute atomic E-state index is 0.295. The van der Waals surface area contributed by atoms with E-state index < -0.39 is 0 Å². The number of hydrogen-bond acceptors (Lipinski definition) is 6. The number of likely N-dealkylation sites (tertiary alicyclic amines) is 1. The molecular weight excluding hydrogens is 330 g/mol. The maximum atomic E-state index is 12.6. The van der Waals surface area contributed by atoms with Crippen LogP contribution in [-0.2, 0) is 11.2 Å². The summed E-state index contributed by atoms with van der Waals surface area (Å²) in [5.41, 5.74) is 0. The lowest BCUT2D eigenvalue weighted by Crippen LogP contribution is -2.45. The first-order chi connectivity index (χ1) is 12.7. The Labute approximate surface area is 155 Å². The zero-order valence-corrected chi connectivity index (χ0v) is 15.9. The van der Waals surface area contributed by atoms with E-state index in [0.717, 1.165) is 76.7 Å². The van der Waals surface area contributed by atoms with E-state index in [4.69, 9.17) is 4.52 Å². The minimum atomic E-state index is 0.295. The standard InChI is InChI=1S/C19H31N5O2/c1-22-7-2-8-23(12-11-22)14-18(25)24-9-5-15(6-10-24)13-17-20-19(26-21-17)16-3-4-16/h15-16H,2-14H2,1H3. The minimum Gasteiger partial charge on any atom is -0.342 e. The van der Waals surface area contributed by atoms with Crippen LogP contribution in [0.4, 0.5) is 0 Å². The predicted octanol–water partition coefficient (Wildman–Crippen LogP) is 1.37. The van der Waals surface area contributed by atoms with Gasteiger partial charge in [0.1, 0.15) is 0 Å². The summed E-state index contributed by atoms with van der Waals surface area (Å²) in [6.45, 7) is 6.54. The maximum absolute atomic E-state index is 12.6. The summed E-state index contributed by atoms with van der Waals surface area (Å²) in [4.78, 5) is 23.9. The second-order valence-electron chi connectivity index (χ2n) is 8.28. The van der Waals surface area contributed by atoms with Gasteiger partial charge in [-0.1, -0.05) is 5.16 Å². The van der Waals surface area contributed by atoms with E-state index in [1.165, 1.54) is 12.8 Å². The van der Waals surface area contributed by atoms with Crippen LogP contribution in [0.2, 0.25) is 0 Å². The first-order valence-electron chi connectivity index (χ1n) is 10.2. The Morgan fingerprint density at radius 3 is 2.65 bits per heavy atom. The van der Waals surface area contributed by atoms with Crippen LogP contribution in [0.3, 0.4) is 0 Å². The first-order valence-corrected chi connectivity index (χ1v) is 10.2. The van der Waals surface area contributed by atoms with E-state index in [0.29, 0.717) is 24.3 Å². The van der Waals surface area contributed by atoms with Crippen LogP contribution in [-0.4, -0.2) is 83.6 Å². The summed E-state index contributed by atoms with van der Waals surface area (Å²) in [6, 6.07) is 0. The molecule has 7 heteroatoms. The summed E-state index contributed by atoms with van der Waals surface area (Å²) >= 11 is 0. The first kappa shape index (κ1) is 17.9. The average molecular weight is 361 g/mol. The van der Waals surface area contributed by atoms with Crippen LogP contribution in [0, 0.1) is 5.92 Å². The third-order valence-corrected chi connectivity index (χ3v) is 6.02. The summed E-state index contributed by atoms with van der Waals surface area (Å²) in [5.74, 6) is 3.06. The number of piperidine rings is 1. The number of hydrogen-bond donors (Lipinski definition) is 0. The molecule has 1 aliphatic carbocycles. The summed E-state index contributed by atoms with van der Waals surface area (Å²) in [6.07, 6.45) is 6.50. The van der Waals surface area contributed by atoms with Crippen molar-refractivity contribution in [3.8, 4) is 0 Å². The van der Waals surface area contributed by atoms with Crippen molar-refractivity contribution in [1.82, 2.24) is 24.8 Å². The molecule has 1 aromatic rings. The lowest BCUT2D eigenvalue weighted by Gasteiger charge is -2.33. The highest BCUT2D eigenvalue weighted by atomic mass is 16.5. The van der Waals surface area contributed by atoms with Gasteiger partial charge in [-0.2, -0.15) is 4.98 Å². The Hall–Kier alpha value is -1.47. The SMILES string of the molecule is CN1CCCN(CC(=O)N2CCC(Cc3noc(C4CC4)n3)CC2)CC1. The van der Waals surface area contributed by atoms with E-state index >= 15 is 0 Å². The molecule has 0 bridgehead atoms. The van der Waals surface area contributed by atoms with E-state index in [1.54, 1.807) is 0 Å². The molecule has 7 nitrogen and oxygen atoms in total. The third-order valence-electron chi connectivity index (χ3n) is 6.02. The van der Waals surface area contributed by atoms with Crippen molar-refractivity contribution in [3.63, 3.8) is 0 Å². The number of likely N-dealkylation sites (N-methyl/N-ethyl adjacent to an activating group) is 1. The Morgan fingerprint density at radius 1 is 1.08 bits per heavy atom. The van der Waals surface area contributed by atoms with Gasteiger partial charge in [-0.05, 0) is 58.2 Å². The molecule has 3 aliphatic rings. The lowest BCUT2D eigenvalue weighted by atomic mass is 9.93. The van der Waals surface area contributed by atoms with Crippen LogP contribution >= 0.6 is 0 Å². The van der Waals surface area contributed by atoms with Gasteiger partial charge >= 0.3 is 0 Å². The quantitative estimate of drug-likeness (QED) is 0.789. The van der Waals surface area contributed by atoms with E-state index in [-0.39, 0.29) is 0 Å². The average Bonchev–Trinajstić information content (AvgIpc) is 3.42. The molecule has 0 aromatic carbocycles. The highest BCUT2D eigenvalue weighted by molar-refractivity contribution is 5.78. The number of carbonyl (C=O) groups is 1. The van der Waals surface area contributed by atoms with Crippen LogP contribution < -0.4 is 0 Å². The normalized spacial score (nSPS) is 24.0. The van der Waals surface area contributed by atoms with Gasteiger partial charge in [0.25, 0.3) is 0 Å². The third kappa shape index (κ3) is 4.62. The van der Waals surface area contributed by atoms with Gasteiger partial charge in [0, 0.05) is 38.5 Å². The molecule has 26 heavy (non-hydrogen) atoms. The number of rotatable bonds is 5. The number of carbonyl (C=O) groups excluding carboxylic acids is 1. The zero-order valence-electron chi connectivity index (χ0n) is 15.9. The molecule has 1 amide bonds. The van der Waals surface area contributed by atoms with Gasteiger partial charge in [0.2, 0.25) is 11.8 Å². The molecule has 4 rings (SSSR count). The smallest absolute Gasteiger partial charge is 0.236 e. The molecule has 0 unspecified atom stereocenters. The molecule has 0 spiro atoms. The fourth-order valence-corrected chi connectivity index (χ4v) is 4.04. The Bertz CT molecular complexity index is 607. The second kappa shape index (κ2) is 8.05. The van der Waals surface area contributed by atoms with E-state index in [9.17, 15) is 4.79 Å². The highest BCUT2D eigenvalue weighted by Crippen LogP contribution is 2.39. The van der Waals surface area contributed by atoms with Crippen molar-refractivity contribution in [3.05, 3.63) is 11.7 Å². The molecule has 3 fully saturated rings. The number of nitrogens with zero attached hydrogens (tertiary/aromatic N) is 5. The van der Waals surface area contributed by atoms with Gasteiger partial charge in [-0.15, -0.1) is 0 Å². The molecule has 1 aromatic heterocycles. The molecular formula is C19H31N5O2. The van der Waals surface area contributed by atoms with Gasteiger partial charge in [-0.25, -0.2) is 0 Å². The molecule has 2 aliphatic heterocycles. The van der Waals surface area contributed by atoms with Gasteiger partial charge < -0.3 is 14.3 Å². The fourth-order valence-electron chi connectivity index (χ4n) is 4.04. The van der Waals surface area contributed by atoms with Crippen molar-refractivity contribution in [2.75, 3.05) is 52.9 Å². The topological polar surface area (TPSA) is 65.7 Å². The van der Waals surface area contributed by atoms with Crippen molar-refractivity contribution in [1.29, 1.82) is 0 Å². The number of amides is 1. The van der Waals surface area contributed by atoms with Crippen LogP contribution in [0.1, 0.15) is 49.7 Å². The van der Waals surface area contributed by atoms with Crippen LogP contribution in [0.15, 0.2) is 4.52 Å². The Morgan fingerprint density at radius 2 is 1.88 bits per heavy atom. The monoisotopic (exact) mass is 361 g/mol. The van der Waals surface area contributed by atoms with Crippen molar-refractivity contribution >= 4 is 5.91 Å². The van der Waals surface area contributed by atoms with Crippen molar-refractivity contribution in [2.45, 2.75) is 44.4 Å². The largest absolute Gasteiger partial charge is 0.342 e. The molecule has 0 radical (unpaired) electrons. The fraction of sp³-hybridized carbons (Fsp3) is 0.842.